The summed E-state index contributed by atoms with van der Waals surface area (Å²) in [5, 5.41) is 3.68. The van der Waals surface area contributed by atoms with E-state index < -0.39 is 35.1 Å². The van der Waals surface area contributed by atoms with Crippen molar-refractivity contribution in [2.75, 3.05) is 19.0 Å². The number of ether oxygens (including phenoxy) is 4. The fraction of sp³-hybridized carbons (Fsp3) is 0.256. The first-order valence-corrected chi connectivity index (χ1v) is 17.8. The van der Waals surface area contributed by atoms with E-state index in [-0.39, 0.29) is 41.6 Å². The number of methoxy groups -OCH3 is 1. The number of terminal acetylenes is 1. The molecule has 6 aromatic rings. The number of carbonyl (C=O) groups is 1. The molecule has 1 aliphatic rings. The number of benzene rings is 4. The minimum absolute atomic E-state index is 0.0614. The van der Waals surface area contributed by atoms with Crippen molar-refractivity contribution in [1.29, 1.82) is 0 Å². The number of aromatic nitrogens is 4. The summed E-state index contributed by atoms with van der Waals surface area (Å²) in [5.41, 5.74) is 0.465. The molecule has 11 heteroatoms. The van der Waals surface area contributed by atoms with Gasteiger partial charge in [-0.1, -0.05) is 111 Å². The lowest BCUT2D eigenvalue weighted by Crippen LogP contribution is -2.46. The first kappa shape index (κ1) is 36.1. The molecule has 0 spiro atoms. The molecule has 7 rings (SSSR count). The number of anilines is 1. The molecule has 4 aromatic carbocycles. The van der Waals surface area contributed by atoms with Crippen LogP contribution in [0, 0.1) is 18.3 Å². The van der Waals surface area contributed by atoms with Gasteiger partial charge in [0, 0.05) is 6.42 Å². The Bertz CT molecular complexity index is 2240. The molecule has 0 saturated carbocycles. The predicted octanol–water partition coefficient (Wildman–Crippen LogP) is 8.11. The highest BCUT2D eigenvalue weighted by atomic mass is 19.2. The zero-order valence-electron chi connectivity index (χ0n) is 30.4. The smallest absolute Gasteiger partial charge is 0.339 e. The molecule has 274 valence electrons. The number of carbonyl (C=O) groups excluding carboxylic acids is 1. The van der Waals surface area contributed by atoms with Crippen LogP contribution in [0.1, 0.15) is 60.5 Å². The van der Waals surface area contributed by atoms with E-state index in [1.165, 1.54) is 10.9 Å². The van der Waals surface area contributed by atoms with Gasteiger partial charge in [-0.25, -0.2) is 14.2 Å². The van der Waals surface area contributed by atoms with Crippen LogP contribution in [0.2, 0.25) is 0 Å². The quantitative estimate of drug-likeness (QED) is 0.0760. The van der Waals surface area contributed by atoms with Crippen molar-refractivity contribution in [2.45, 2.75) is 50.4 Å². The summed E-state index contributed by atoms with van der Waals surface area (Å²) in [6.45, 7) is 5.33. The van der Waals surface area contributed by atoms with Crippen LogP contribution in [0.3, 0.4) is 0 Å². The van der Waals surface area contributed by atoms with Gasteiger partial charge in [-0.15, -0.1) is 6.42 Å². The van der Waals surface area contributed by atoms with Crippen molar-refractivity contribution < 1.29 is 28.1 Å². The molecule has 0 amide bonds. The second-order valence-corrected chi connectivity index (χ2v) is 13.0. The van der Waals surface area contributed by atoms with Crippen LogP contribution in [-0.4, -0.2) is 50.7 Å². The highest BCUT2D eigenvalue weighted by molar-refractivity contribution is 5.90. The van der Waals surface area contributed by atoms with Crippen LogP contribution in [0.25, 0.3) is 11.2 Å². The van der Waals surface area contributed by atoms with Crippen LogP contribution in [0.4, 0.5) is 10.3 Å². The third-order valence-electron chi connectivity index (χ3n) is 10.1. The second kappa shape index (κ2) is 14.6. The topological polar surface area (TPSA) is 110 Å². The Morgan fingerprint density at radius 3 is 2.07 bits per heavy atom. The van der Waals surface area contributed by atoms with Crippen molar-refractivity contribution in [1.82, 2.24) is 19.5 Å². The second-order valence-electron chi connectivity index (χ2n) is 13.0. The summed E-state index contributed by atoms with van der Waals surface area (Å²) >= 11 is 0. The van der Waals surface area contributed by atoms with E-state index in [9.17, 15) is 4.79 Å². The first-order valence-electron chi connectivity index (χ1n) is 17.8. The van der Waals surface area contributed by atoms with Crippen LogP contribution in [-0.2, 0) is 15.0 Å². The van der Waals surface area contributed by atoms with Gasteiger partial charge in [0.25, 0.3) is 0 Å². The highest BCUT2D eigenvalue weighted by Gasteiger charge is 2.65. The molecule has 2 aromatic heterocycles. The molecule has 3 heterocycles. The Hall–Kier alpha value is -6.25. The maximum absolute atomic E-state index is 16.7. The van der Waals surface area contributed by atoms with Crippen molar-refractivity contribution in [3.63, 3.8) is 0 Å². The van der Waals surface area contributed by atoms with Crippen LogP contribution < -0.4 is 14.8 Å². The molecule has 10 nitrogen and oxygen atoms in total. The predicted molar refractivity (Wildman–Crippen MR) is 203 cm³/mol. The van der Waals surface area contributed by atoms with E-state index in [1.807, 2.05) is 91.9 Å². The van der Waals surface area contributed by atoms with Gasteiger partial charge >= 0.3 is 5.97 Å². The first-order chi connectivity index (χ1) is 26.2. The number of esters is 1. The fourth-order valence-electron chi connectivity index (χ4n) is 7.17. The molecule has 54 heavy (non-hydrogen) atoms. The normalized spacial score (nSPS) is 21.0. The zero-order valence-corrected chi connectivity index (χ0v) is 30.4. The number of rotatable bonds is 12. The fourth-order valence-corrected chi connectivity index (χ4v) is 7.17. The molecule has 0 radical (unpaired) electrons. The van der Waals surface area contributed by atoms with E-state index in [2.05, 4.69) is 16.2 Å². The maximum Gasteiger partial charge on any atom is 0.339 e. The minimum atomic E-state index is -2.26. The number of hydrogen-bond acceptors (Lipinski definition) is 9. The van der Waals surface area contributed by atoms with Gasteiger partial charge in [0.1, 0.15) is 11.3 Å². The highest BCUT2D eigenvalue weighted by Crippen LogP contribution is 2.54. The number of nitrogens with zero attached hydrogens (tertiary/aromatic N) is 4. The van der Waals surface area contributed by atoms with Crippen LogP contribution >= 0.6 is 0 Å². The van der Waals surface area contributed by atoms with Crippen molar-refractivity contribution in [3.8, 4) is 24.0 Å². The number of alkyl halides is 1. The van der Waals surface area contributed by atoms with E-state index in [0.717, 1.165) is 16.7 Å². The lowest BCUT2D eigenvalue weighted by atomic mass is 9.77. The Morgan fingerprint density at radius 2 is 1.52 bits per heavy atom. The van der Waals surface area contributed by atoms with Gasteiger partial charge in [0.2, 0.25) is 23.3 Å². The van der Waals surface area contributed by atoms with Crippen molar-refractivity contribution in [3.05, 3.63) is 144 Å². The number of imidazole rings is 1. The molecule has 0 unspecified atom stereocenters. The number of hydrogen-bond donors (Lipinski definition) is 1. The SMILES string of the molecule is C#C[C@]1(OC(=O)c2ccccc2)[C@H](n2cnc3c(OCC)nc(NC(c4ccccc4)(c4ccccc4)c4ccc(OC)cc4)nc32)O[C@](F)(CC)[C@H]1C. The third kappa shape index (κ3) is 6.08. The average Bonchev–Trinajstić information content (AvgIpc) is 3.74. The van der Waals surface area contributed by atoms with Gasteiger partial charge in [-0.3, -0.25) is 4.57 Å². The molecule has 4 atom stereocenters. The molecular formula is C43H40FN5O5. The molecule has 1 N–H and O–H groups in total. The minimum Gasteiger partial charge on any atom is -0.497 e. The Labute approximate surface area is 313 Å². The number of nitrogens with one attached hydrogen (secondary N) is 1. The Morgan fingerprint density at radius 1 is 0.926 bits per heavy atom. The van der Waals surface area contributed by atoms with Gasteiger partial charge in [0.15, 0.2) is 17.4 Å². The van der Waals surface area contributed by atoms with E-state index in [0.29, 0.717) is 5.75 Å². The van der Waals surface area contributed by atoms with Crippen molar-refractivity contribution in [2.24, 2.45) is 5.92 Å². The lowest BCUT2D eigenvalue weighted by Gasteiger charge is -2.37. The average molecular weight is 726 g/mol. The Balaban J connectivity index is 1.43. The summed E-state index contributed by atoms with van der Waals surface area (Å²) in [7, 11) is 1.62. The largest absolute Gasteiger partial charge is 0.497 e. The van der Waals surface area contributed by atoms with Gasteiger partial charge in [0.05, 0.1) is 31.5 Å². The molecule has 1 aliphatic heterocycles. The summed E-state index contributed by atoms with van der Waals surface area (Å²) in [4.78, 5) is 28.1. The van der Waals surface area contributed by atoms with Crippen LogP contribution in [0.15, 0.2) is 122 Å². The number of halogens is 1. The Kier molecular flexibility index (Phi) is 9.79. The summed E-state index contributed by atoms with van der Waals surface area (Å²) in [6, 6.07) is 36.0. The third-order valence-corrected chi connectivity index (χ3v) is 10.1. The van der Waals surface area contributed by atoms with E-state index in [4.69, 9.17) is 35.3 Å². The number of fused-ring (bicyclic) bond motifs is 1. The zero-order chi connectivity index (χ0) is 37.9. The molecule has 0 bridgehead atoms. The van der Waals surface area contributed by atoms with Crippen LogP contribution in [0.5, 0.6) is 11.6 Å². The maximum atomic E-state index is 16.7. The monoisotopic (exact) mass is 725 g/mol. The van der Waals surface area contributed by atoms with Crippen molar-refractivity contribution >= 4 is 23.1 Å². The molecule has 1 saturated heterocycles. The van der Waals surface area contributed by atoms with Gasteiger partial charge < -0.3 is 24.3 Å². The van der Waals surface area contributed by atoms with Gasteiger partial charge in [-0.2, -0.15) is 9.97 Å². The van der Waals surface area contributed by atoms with E-state index >= 15 is 4.39 Å². The summed E-state index contributed by atoms with van der Waals surface area (Å²) < 4.78 is 42.1. The van der Waals surface area contributed by atoms with Gasteiger partial charge in [-0.05, 0) is 47.9 Å². The molecule has 0 aliphatic carbocycles. The summed E-state index contributed by atoms with van der Waals surface area (Å²) in [6.07, 6.45) is 6.22. The molecule has 1 fully saturated rings. The molecular weight excluding hydrogens is 686 g/mol. The summed E-state index contributed by atoms with van der Waals surface area (Å²) in [5.74, 6) is -0.400. The standard InChI is InChI=1S/C43H40FN5O5/c1-6-41(53-38(50)30-18-12-9-13-19-30)29(4)42(44,7-2)54-39(41)49-28-45-35-36(49)46-40(47-37(35)52-8-3)48-43(31-20-14-10-15-21-31,32-22-16-11-17-23-32)33-24-26-34(51-5)27-25-33/h1,9-29,39H,7-8H2,2-5H3,(H,46,47,48)/t29-,39+,41+,42+/m0/s1. The van der Waals surface area contributed by atoms with E-state index in [1.54, 1.807) is 51.3 Å². The lowest BCUT2D eigenvalue weighted by molar-refractivity contribution is -0.173.